The third-order valence-corrected chi connectivity index (χ3v) is 2.59. The van der Waals surface area contributed by atoms with E-state index in [1.165, 1.54) is 0 Å². The van der Waals surface area contributed by atoms with E-state index in [1.807, 2.05) is 42.5 Å². The van der Waals surface area contributed by atoms with Crippen LogP contribution in [-0.4, -0.2) is 11.7 Å². The van der Waals surface area contributed by atoms with Crippen LogP contribution in [0.25, 0.3) is 0 Å². The Hall–Kier alpha value is -2.00. The van der Waals surface area contributed by atoms with Gasteiger partial charge in [0.15, 0.2) is 0 Å². The third kappa shape index (κ3) is 3.23. The van der Waals surface area contributed by atoms with E-state index in [0.29, 0.717) is 12.2 Å². The lowest BCUT2D eigenvalue weighted by Gasteiger charge is -2.13. The van der Waals surface area contributed by atoms with Crippen LogP contribution in [0.5, 0.6) is 0 Å². The molecule has 2 aromatic carbocycles. The van der Waals surface area contributed by atoms with E-state index in [9.17, 15) is 5.11 Å². The van der Waals surface area contributed by atoms with Gasteiger partial charge in [-0.25, -0.2) is 0 Å². The molecule has 0 aliphatic carbocycles. The molecule has 0 saturated carbocycles. The molecule has 17 heavy (non-hydrogen) atoms. The number of rotatable bonds is 4. The van der Waals surface area contributed by atoms with Gasteiger partial charge in [0.25, 0.3) is 0 Å². The first kappa shape index (κ1) is 11.5. The standard InChI is InChI=1S/C14H16N2O/c15-12-8-6-11(7-9-12)14(17)10-16-13-4-2-1-3-5-13/h1-9,14,16-17H,10,15H2. The molecule has 0 heterocycles. The second-order valence-electron chi connectivity index (χ2n) is 3.93. The lowest BCUT2D eigenvalue weighted by atomic mass is 10.1. The highest BCUT2D eigenvalue weighted by molar-refractivity contribution is 5.43. The van der Waals surface area contributed by atoms with Crippen molar-refractivity contribution >= 4 is 11.4 Å². The molecule has 0 radical (unpaired) electrons. The molecular formula is C14H16N2O. The van der Waals surface area contributed by atoms with Gasteiger partial charge in [0.05, 0.1) is 6.10 Å². The first-order chi connectivity index (χ1) is 8.25. The van der Waals surface area contributed by atoms with Crippen molar-refractivity contribution in [2.24, 2.45) is 0 Å². The molecule has 4 N–H and O–H groups in total. The van der Waals surface area contributed by atoms with Crippen molar-refractivity contribution in [3.8, 4) is 0 Å². The number of benzene rings is 2. The minimum atomic E-state index is -0.532. The molecular weight excluding hydrogens is 212 g/mol. The molecule has 3 nitrogen and oxygen atoms in total. The minimum Gasteiger partial charge on any atom is -0.399 e. The van der Waals surface area contributed by atoms with Gasteiger partial charge in [-0.3, -0.25) is 0 Å². The molecule has 0 bridgehead atoms. The van der Waals surface area contributed by atoms with Crippen molar-refractivity contribution in [2.75, 3.05) is 17.6 Å². The summed E-state index contributed by atoms with van der Waals surface area (Å²) in [4.78, 5) is 0. The van der Waals surface area contributed by atoms with Gasteiger partial charge in [-0.2, -0.15) is 0 Å². The maximum absolute atomic E-state index is 9.97. The average Bonchev–Trinajstić information content (AvgIpc) is 2.38. The fourth-order valence-electron chi connectivity index (χ4n) is 1.61. The van der Waals surface area contributed by atoms with Crippen molar-refractivity contribution in [2.45, 2.75) is 6.10 Å². The maximum Gasteiger partial charge on any atom is 0.0962 e. The molecule has 0 spiro atoms. The highest BCUT2D eigenvalue weighted by Crippen LogP contribution is 2.15. The summed E-state index contributed by atoms with van der Waals surface area (Å²) >= 11 is 0. The largest absolute Gasteiger partial charge is 0.399 e. The van der Waals surface area contributed by atoms with Crippen LogP contribution in [0.3, 0.4) is 0 Å². The molecule has 2 rings (SSSR count). The predicted octanol–water partition coefficient (Wildman–Crippen LogP) is 2.41. The van der Waals surface area contributed by atoms with Crippen LogP contribution in [0.1, 0.15) is 11.7 Å². The number of aliphatic hydroxyl groups is 1. The number of anilines is 2. The molecule has 0 amide bonds. The summed E-state index contributed by atoms with van der Waals surface area (Å²) in [5.41, 5.74) is 8.17. The number of nitrogen functional groups attached to an aromatic ring is 1. The zero-order valence-corrected chi connectivity index (χ0v) is 9.51. The third-order valence-electron chi connectivity index (χ3n) is 2.59. The second kappa shape index (κ2) is 5.37. The van der Waals surface area contributed by atoms with Crippen LogP contribution in [0, 0.1) is 0 Å². The van der Waals surface area contributed by atoms with E-state index in [4.69, 9.17) is 5.73 Å². The first-order valence-corrected chi connectivity index (χ1v) is 5.58. The second-order valence-corrected chi connectivity index (χ2v) is 3.93. The van der Waals surface area contributed by atoms with Crippen LogP contribution in [-0.2, 0) is 0 Å². The molecule has 0 aliphatic rings. The van der Waals surface area contributed by atoms with Crippen LogP contribution in [0.15, 0.2) is 54.6 Å². The fraction of sp³-hybridized carbons (Fsp3) is 0.143. The maximum atomic E-state index is 9.97. The summed E-state index contributed by atoms with van der Waals surface area (Å²) < 4.78 is 0. The van der Waals surface area contributed by atoms with Gasteiger partial charge in [-0.15, -0.1) is 0 Å². The smallest absolute Gasteiger partial charge is 0.0962 e. The molecule has 3 heteroatoms. The van der Waals surface area contributed by atoms with Gasteiger partial charge >= 0.3 is 0 Å². The molecule has 0 saturated heterocycles. The molecule has 1 atom stereocenters. The van der Waals surface area contributed by atoms with Crippen LogP contribution in [0.4, 0.5) is 11.4 Å². The summed E-state index contributed by atoms with van der Waals surface area (Å²) in [5.74, 6) is 0. The van der Waals surface area contributed by atoms with Crippen molar-refractivity contribution in [3.63, 3.8) is 0 Å². The Morgan fingerprint density at radius 1 is 1.00 bits per heavy atom. The number of nitrogens with two attached hydrogens (primary N) is 1. The number of aliphatic hydroxyl groups excluding tert-OH is 1. The SMILES string of the molecule is Nc1ccc(C(O)CNc2ccccc2)cc1. The summed E-state index contributed by atoms with van der Waals surface area (Å²) in [6.45, 7) is 0.480. The monoisotopic (exact) mass is 228 g/mol. The van der Waals surface area contributed by atoms with Gasteiger partial charge in [-0.1, -0.05) is 30.3 Å². The van der Waals surface area contributed by atoms with Crippen LogP contribution < -0.4 is 11.1 Å². The van der Waals surface area contributed by atoms with Gasteiger partial charge < -0.3 is 16.2 Å². The van der Waals surface area contributed by atoms with Gasteiger partial charge in [0.2, 0.25) is 0 Å². The van der Waals surface area contributed by atoms with E-state index < -0.39 is 6.10 Å². The summed E-state index contributed by atoms with van der Waals surface area (Å²) in [6, 6.07) is 17.1. The predicted molar refractivity (Wildman–Crippen MR) is 70.7 cm³/mol. The Morgan fingerprint density at radius 2 is 1.65 bits per heavy atom. The normalized spacial score (nSPS) is 12.1. The molecule has 1 unspecified atom stereocenters. The van der Waals surface area contributed by atoms with E-state index in [2.05, 4.69) is 5.32 Å². The number of nitrogens with one attached hydrogen (secondary N) is 1. The molecule has 2 aromatic rings. The number of hydrogen-bond acceptors (Lipinski definition) is 3. The van der Waals surface area contributed by atoms with E-state index in [1.54, 1.807) is 12.1 Å². The average molecular weight is 228 g/mol. The Bertz CT molecular complexity index is 453. The van der Waals surface area contributed by atoms with E-state index in [0.717, 1.165) is 11.3 Å². The Balaban J connectivity index is 1.93. The van der Waals surface area contributed by atoms with Crippen LogP contribution >= 0.6 is 0 Å². The Labute approximate surface area is 101 Å². The van der Waals surface area contributed by atoms with Crippen molar-refractivity contribution < 1.29 is 5.11 Å². The molecule has 0 aromatic heterocycles. The lowest BCUT2D eigenvalue weighted by Crippen LogP contribution is -2.11. The van der Waals surface area contributed by atoms with E-state index in [-0.39, 0.29) is 0 Å². The van der Waals surface area contributed by atoms with E-state index >= 15 is 0 Å². The zero-order chi connectivity index (χ0) is 12.1. The fourth-order valence-corrected chi connectivity index (χ4v) is 1.61. The Kier molecular flexibility index (Phi) is 3.62. The zero-order valence-electron chi connectivity index (χ0n) is 9.51. The van der Waals surface area contributed by atoms with Crippen molar-refractivity contribution in [1.29, 1.82) is 0 Å². The quantitative estimate of drug-likeness (QED) is 0.704. The molecule has 0 aliphatic heterocycles. The lowest BCUT2D eigenvalue weighted by molar-refractivity contribution is 0.191. The molecule has 0 fully saturated rings. The highest BCUT2D eigenvalue weighted by Gasteiger charge is 2.06. The van der Waals surface area contributed by atoms with Crippen LogP contribution in [0.2, 0.25) is 0 Å². The van der Waals surface area contributed by atoms with Crippen molar-refractivity contribution in [1.82, 2.24) is 0 Å². The van der Waals surface area contributed by atoms with Gasteiger partial charge in [-0.05, 0) is 29.8 Å². The van der Waals surface area contributed by atoms with Gasteiger partial charge in [0.1, 0.15) is 0 Å². The topological polar surface area (TPSA) is 58.3 Å². The van der Waals surface area contributed by atoms with Crippen molar-refractivity contribution in [3.05, 3.63) is 60.2 Å². The highest BCUT2D eigenvalue weighted by atomic mass is 16.3. The molecule has 88 valence electrons. The minimum absolute atomic E-state index is 0.480. The van der Waals surface area contributed by atoms with Gasteiger partial charge in [0, 0.05) is 17.9 Å². The Morgan fingerprint density at radius 3 is 2.29 bits per heavy atom. The number of para-hydroxylation sites is 1. The first-order valence-electron chi connectivity index (χ1n) is 5.58. The number of hydrogen-bond donors (Lipinski definition) is 3. The summed E-state index contributed by atoms with van der Waals surface area (Å²) in [7, 11) is 0. The summed E-state index contributed by atoms with van der Waals surface area (Å²) in [5, 5.41) is 13.1. The summed E-state index contributed by atoms with van der Waals surface area (Å²) in [6.07, 6.45) is -0.532.